The highest BCUT2D eigenvalue weighted by molar-refractivity contribution is 7.89. The molecule has 1 fully saturated rings. The lowest BCUT2D eigenvalue weighted by atomic mass is 10.1. The van der Waals surface area contributed by atoms with Crippen molar-refractivity contribution < 1.29 is 8.42 Å². The van der Waals surface area contributed by atoms with Crippen LogP contribution >= 0.6 is 11.6 Å². The van der Waals surface area contributed by atoms with Crippen LogP contribution in [0.2, 0.25) is 5.02 Å². The fourth-order valence-corrected chi connectivity index (χ4v) is 3.40. The zero-order valence-electron chi connectivity index (χ0n) is 10.6. The summed E-state index contributed by atoms with van der Waals surface area (Å²) < 4.78 is 26.7. The van der Waals surface area contributed by atoms with Crippen molar-refractivity contribution >= 4 is 27.4 Å². The van der Waals surface area contributed by atoms with Crippen LogP contribution in [0, 0.1) is 5.92 Å². The summed E-state index contributed by atoms with van der Waals surface area (Å²) in [5.41, 5.74) is 5.46. The molecule has 8 heteroatoms. The lowest BCUT2D eigenvalue weighted by molar-refractivity contribution is 0.394. The van der Waals surface area contributed by atoms with Crippen molar-refractivity contribution in [2.45, 2.75) is 11.3 Å². The number of pyridine rings is 1. The minimum Gasteiger partial charge on any atom is -0.382 e. The van der Waals surface area contributed by atoms with Crippen LogP contribution in [0.1, 0.15) is 6.42 Å². The fraction of sp³-hybridized carbons (Fsp3) is 0.545. The van der Waals surface area contributed by atoms with Gasteiger partial charge in [0.2, 0.25) is 10.0 Å². The summed E-state index contributed by atoms with van der Waals surface area (Å²) in [5, 5.41) is 0.142. The summed E-state index contributed by atoms with van der Waals surface area (Å²) in [6.07, 6.45) is 2.21. The molecule has 0 aliphatic carbocycles. The number of rotatable bonds is 4. The number of nitrogens with two attached hydrogens (primary N) is 1. The van der Waals surface area contributed by atoms with Gasteiger partial charge in [0.1, 0.15) is 10.7 Å². The molecule has 0 amide bonds. The average molecular weight is 305 g/mol. The van der Waals surface area contributed by atoms with Gasteiger partial charge in [0, 0.05) is 19.3 Å². The molecule has 0 radical (unpaired) electrons. The van der Waals surface area contributed by atoms with Crippen molar-refractivity contribution in [2.24, 2.45) is 5.92 Å². The van der Waals surface area contributed by atoms with Gasteiger partial charge in [0.05, 0.1) is 5.02 Å². The first-order valence-corrected chi connectivity index (χ1v) is 7.84. The van der Waals surface area contributed by atoms with Crippen molar-refractivity contribution in [1.82, 2.24) is 14.6 Å². The molecule has 2 heterocycles. The molecular formula is C11H17ClN4O2S. The molecule has 2 rings (SSSR count). The summed E-state index contributed by atoms with van der Waals surface area (Å²) in [5.74, 6) is 0.468. The minimum atomic E-state index is -3.58. The SMILES string of the molecule is CN1CCC(CNS(=O)(=O)c2cnc(N)c(Cl)c2)C1. The highest BCUT2D eigenvalue weighted by atomic mass is 35.5. The zero-order valence-corrected chi connectivity index (χ0v) is 12.2. The highest BCUT2D eigenvalue weighted by Crippen LogP contribution is 2.20. The molecule has 0 bridgehead atoms. The van der Waals surface area contributed by atoms with E-state index >= 15 is 0 Å². The van der Waals surface area contributed by atoms with E-state index in [1.165, 1.54) is 12.3 Å². The molecule has 1 saturated heterocycles. The topological polar surface area (TPSA) is 88.3 Å². The molecule has 19 heavy (non-hydrogen) atoms. The van der Waals surface area contributed by atoms with Gasteiger partial charge in [-0.05, 0) is 32.0 Å². The van der Waals surface area contributed by atoms with Gasteiger partial charge < -0.3 is 10.6 Å². The van der Waals surface area contributed by atoms with E-state index < -0.39 is 10.0 Å². The third-order valence-electron chi connectivity index (χ3n) is 3.21. The van der Waals surface area contributed by atoms with Crippen molar-refractivity contribution in [3.63, 3.8) is 0 Å². The molecule has 106 valence electrons. The smallest absolute Gasteiger partial charge is 0.242 e. The van der Waals surface area contributed by atoms with E-state index in [9.17, 15) is 8.42 Å². The number of likely N-dealkylation sites (tertiary alicyclic amines) is 1. The van der Waals surface area contributed by atoms with Crippen molar-refractivity contribution in [3.05, 3.63) is 17.3 Å². The Balaban J connectivity index is 2.03. The summed E-state index contributed by atoms with van der Waals surface area (Å²) in [7, 11) is -1.55. The van der Waals surface area contributed by atoms with Gasteiger partial charge >= 0.3 is 0 Å². The molecule has 0 spiro atoms. The Morgan fingerprint density at radius 2 is 2.37 bits per heavy atom. The number of nitrogens with one attached hydrogen (secondary N) is 1. The molecule has 0 saturated carbocycles. The normalized spacial score (nSPS) is 20.8. The molecule has 1 unspecified atom stereocenters. The Hall–Kier alpha value is -0.890. The molecule has 1 aliphatic heterocycles. The van der Waals surface area contributed by atoms with E-state index in [0.29, 0.717) is 12.5 Å². The minimum absolute atomic E-state index is 0.0399. The fourth-order valence-electron chi connectivity index (χ4n) is 2.08. The van der Waals surface area contributed by atoms with Gasteiger partial charge in [-0.25, -0.2) is 18.1 Å². The number of anilines is 1. The van der Waals surface area contributed by atoms with Crippen LogP contribution in [0.4, 0.5) is 5.82 Å². The first-order valence-electron chi connectivity index (χ1n) is 5.98. The number of nitrogen functional groups attached to an aromatic ring is 1. The first-order chi connectivity index (χ1) is 8.88. The monoisotopic (exact) mass is 304 g/mol. The van der Waals surface area contributed by atoms with Crippen molar-refractivity contribution in [2.75, 3.05) is 32.4 Å². The standard InChI is InChI=1S/C11H17ClN4O2S/c1-16-3-2-8(7-16)5-15-19(17,18)9-4-10(12)11(13)14-6-9/h4,6,8,15H,2-3,5,7H2,1H3,(H2,13,14). The average Bonchev–Trinajstić information content (AvgIpc) is 2.76. The quantitative estimate of drug-likeness (QED) is 0.848. The van der Waals surface area contributed by atoms with Crippen LogP contribution in [0.5, 0.6) is 0 Å². The maximum atomic E-state index is 12.1. The predicted molar refractivity (Wildman–Crippen MR) is 74.5 cm³/mol. The second kappa shape index (κ2) is 5.62. The lowest BCUT2D eigenvalue weighted by Gasteiger charge is -2.12. The maximum Gasteiger partial charge on any atom is 0.242 e. The van der Waals surface area contributed by atoms with Crippen LogP contribution in [-0.4, -0.2) is 45.0 Å². The first kappa shape index (κ1) is 14.5. The Morgan fingerprint density at radius 1 is 1.63 bits per heavy atom. The van der Waals surface area contributed by atoms with E-state index in [4.69, 9.17) is 17.3 Å². The number of sulfonamides is 1. The third kappa shape index (κ3) is 3.56. The van der Waals surface area contributed by atoms with E-state index in [1.807, 2.05) is 7.05 Å². The number of hydrogen-bond acceptors (Lipinski definition) is 5. The molecule has 1 atom stereocenters. The molecular weight excluding hydrogens is 288 g/mol. The van der Waals surface area contributed by atoms with Gasteiger partial charge in [-0.3, -0.25) is 0 Å². The molecule has 1 aromatic rings. The number of nitrogens with zero attached hydrogens (tertiary/aromatic N) is 2. The number of aromatic nitrogens is 1. The van der Waals surface area contributed by atoms with Gasteiger partial charge in [0.25, 0.3) is 0 Å². The zero-order chi connectivity index (χ0) is 14.0. The molecule has 3 N–H and O–H groups in total. The van der Waals surface area contributed by atoms with Crippen molar-refractivity contribution in [3.8, 4) is 0 Å². The maximum absolute atomic E-state index is 12.1. The summed E-state index contributed by atoms with van der Waals surface area (Å²) in [4.78, 5) is 5.98. The second-order valence-corrected chi connectivity index (χ2v) is 6.98. The van der Waals surface area contributed by atoms with Crippen LogP contribution in [0.25, 0.3) is 0 Å². The molecule has 1 aromatic heterocycles. The van der Waals surface area contributed by atoms with Gasteiger partial charge in [0.15, 0.2) is 0 Å². The van der Waals surface area contributed by atoms with E-state index in [1.54, 1.807) is 0 Å². The molecule has 6 nitrogen and oxygen atoms in total. The summed E-state index contributed by atoms with van der Waals surface area (Å²) in [6, 6.07) is 1.31. The number of halogens is 1. The predicted octanol–water partition coefficient (Wildman–Crippen LogP) is 0.547. The van der Waals surface area contributed by atoms with E-state index in [2.05, 4.69) is 14.6 Å². The Bertz CT molecular complexity index is 564. The largest absolute Gasteiger partial charge is 0.382 e. The highest BCUT2D eigenvalue weighted by Gasteiger charge is 2.22. The van der Waals surface area contributed by atoms with Crippen LogP contribution in [-0.2, 0) is 10.0 Å². The van der Waals surface area contributed by atoms with E-state index in [-0.39, 0.29) is 15.7 Å². The molecule has 0 aromatic carbocycles. The lowest BCUT2D eigenvalue weighted by Crippen LogP contribution is -2.30. The van der Waals surface area contributed by atoms with Crippen molar-refractivity contribution in [1.29, 1.82) is 0 Å². The summed E-state index contributed by atoms with van der Waals surface area (Å²) >= 11 is 5.78. The summed E-state index contributed by atoms with van der Waals surface area (Å²) in [6.45, 7) is 2.33. The van der Waals surface area contributed by atoms with Crippen LogP contribution in [0.3, 0.4) is 0 Å². The van der Waals surface area contributed by atoms with Gasteiger partial charge in [-0.15, -0.1) is 0 Å². The van der Waals surface area contributed by atoms with Gasteiger partial charge in [-0.2, -0.15) is 0 Å². The van der Waals surface area contributed by atoms with Gasteiger partial charge in [-0.1, -0.05) is 11.6 Å². The Morgan fingerprint density at radius 3 is 2.95 bits per heavy atom. The molecule has 1 aliphatic rings. The van der Waals surface area contributed by atoms with Crippen LogP contribution < -0.4 is 10.5 Å². The van der Waals surface area contributed by atoms with Crippen LogP contribution in [0.15, 0.2) is 17.2 Å². The van der Waals surface area contributed by atoms with E-state index in [0.717, 1.165) is 19.5 Å². The Labute approximate surface area is 118 Å². The third-order valence-corrected chi connectivity index (χ3v) is 4.90. The Kier molecular flexibility index (Phi) is 4.29. The second-order valence-electron chi connectivity index (χ2n) is 4.81. The number of hydrogen-bond donors (Lipinski definition) is 2.